The highest BCUT2D eigenvalue weighted by molar-refractivity contribution is 8.00. The molecule has 1 atom stereocenters. The monoisotopic (exact) mass is 694 g/mol. The molecule has 9 heteroatoms. The van der Waals surface area contributed by atoms with E-state index >= 15 is 0 Å². The van der Waals surface area contributed by atoms with Crippen LogP contribution in [0.4, 0.5) is 11.4 Å². The summed E-state index contributed by atoms with van der Waals surface area (Å²) < 4.78 is 5.76. The predicted molar refractivity (Wildman–Crippen MR) is 206 cm³/mol. The molecule has 1 heterocycles. The zero-order valence-electron chi connectivity index (χ0n) is 28.1. The number of anilines is 2. The van der Waals surface area contributed by atoms with Crippen molar-refractivity contribution < 1.29 is 19.1 Å². The van der Waals surface area contributed by atoms with Crippen molar-refractivity contribution in [2.45, 2.75) is 29.9 Å². The number of carbonyl (C=O) groups is 3. The summed E-state index contributed by atoms with van der Waals surface area (Å²) in [6.07, 6.45) is 5.51. The maximum atomic E-state index is 13.7. The Kier molecular flexibility index (Phi) is 11.6. The van der Waals surface area contributed by atoms with Gasteiger partial charge in [-0.15, -0.1) is 11.8 Å². The third-order valence-corrected chi connectivity index (χ3v) is 9.31. The minimum atomic E-state index is -0.536. The molecule has 0 bridgehead atoms. The number of benzene rings is 5. The van der Waals surface area contributed by atoms with Crippen molar-refractivity contribution in [1.29, 1.82) is 0 Å². The van der Waals surface area contributed by atoms with Gasteiger partial charge in [-0.25, -0.2) is 0 Å². The quantitative estimate of drug-likeness (QED) is 0.0516. The van der Waals surface area contributed by atoms with Crippen LogP contribution in [-0.4, -0.2) is 29.3 Å². The van der Waals surface area contributed by atoms with Gasteiger partial charge in [0.25, 0.3) is 11.8 Å². The number of carbonyl (C=O) groups excluding carboxylic acids is 3. The van der Waals surface area contributed by atoms with E-state index in [1.165, 1.54) is 11.8 Å². The van der Waals surface area contributed by atoms with Crippen molar-refractivity contribution in [1.82, 2.24) is 10.3 Å². The number of thioether (sulfide) groups is 1. The van der Waals surface area contributed by atoms with E-state index in [-0.39, 0.29) is 11.6 Å². The number of amides is 3. The zero-order valence-corrected chi connectivity index (χ0v) is 28.9. The summed E-state index contributed by atoms with van der Waals surface area (Å²) in [5.74, 6) is -0.274. The van der Waals surface area contributed by atoms with Crippen molar-refractivity contribution >= 4 is 57.8 Å². The van der Waals surface area contributed by atoms with Gasteiger partial charge in [-0.3, -0.25) is 14.4 Å². The van der Waals surface area contributed by atoms with E-state index in [2.05, 4.69) is 27.9 Å². The lowest BCUT2D eigenvalue weighted by atomic mass is 10.1. The van der Waals surface area contributed by atoms with Crippen LogP contribution < -0.4 is 20.7 Å². The number of hydrogen-bond acceptors (Lipinski definition) is 5. The summed E-state index contributed by atoms with van der Waals surface area (Å²) in [6, 6.07) is 40.8. The molecular formula is C42H38N4O4S. The van der Waals surface area contributed by atoms with Crippen LogP contribution in [0.2, 0.25) is 0 Å². The second-order valence-electron chi connectivity index (χ2n) is 11.8. The maximum absolute atomic E-state index is 13.7. The van der Waals surface area contributed by atoms with Crippen molar-refractivity contribution in [3.8, 4) is 5.75 Å². The number of rotatable bonds is 14. The third kappa shape index (κ3) is 9.35. The molecule has 6 rings (SSSR count). The minimum absolute atomic E-state index is 0.0911. The Hall–Kier alpha value is -6.06. The summed E-state index contributed by atoms with van der Waals surface area (Å²) in [5, 5.41) is 9.15. The summed E-state index contributed by atoms with van der Waals surface area (Å²) in [4.78, 5) is 44.5. The summed E-state index contributed by atoms with van der Waals surface area (Å²) in [6.45, 7) is 2.78. The van der Waals surface area contributed by atoms with Crippen LogP contribution in [0, 0.1) is 0 Å². The molecule has 0 saturated heterocycles. The van der Waals surface area contributed by atoms with Crippen LogP contribution in [0.5, 0.6) is 5.75 Å². The second kappa shape index (κ2) is 17.0. The molecular weight excluding hydrogens is 657 g/mol. The summed E-state index contributed by atoms with van der Waals surface area (Å²) >= 11 is 1.41. The molecule has 256 valence electrons. The number of aromatic nitrogens is 1. The van der Waals surface area contributed by atoms with Gasteiger partial charge < -0.3 is 25.7 Å². The zero-order chi connectivity index (χ0) is 35.4. The fourth-order valence-corrected chi connectivity index (χ4v) is 6.36. The Morgan fingerprint density at radius 1 is 0.765 bits per heavy atom. The first-order chi connectivity index (χ1) is 25.0. The van der Waals surface area contributed by atoms with Crippen molar-refractivity contribution in [2.75, 3.05) is 17.2 Å². The number of fused-ring (bicyclic) bond motifs is 1. The van der Waals surface area contributed by atoms with E-state index in [4.69, 9.17) is 4.74 Å². The number of H-pyrrole nitrogens is 1. The van der Waals surface area contributed by atoms with Gasteiger partial charge in [0.05, 0.1) is 6.61 Å². The maximum Gasteiger partial charge on any atom is 0.272 e. The lowest BCUT2D eigenvalue weighted by molar-refractivity contribution is -0.116. The van der Waals surface area contributed by atoms with Crippen molar-refractivity contribution in [3.63, 3.8) is 0 Å². The molecule has 8 nitrogen and oxygen atoms in total. The molecule has 0 aliphatic rings. The van der Waals surface area contributed by atoms with E-state index in [1.54, 1.807) is 48.7 Å². The SMILES string of the molecule is CCCCOc1ccc(NC(=O)[C@H](Sc2ccc(NC(=O)/C(=C/c3c[nH]c4ccccc34)NC(=O)c3ccccc3)cc2)c2ccccc2)cc1. The molecule has 6 aromatic rings. The molecule has 3 amide bonds. The smallest absolute Gasteiger partial charge is 0.272 e. The molecule has 51 heavy (non-hydrogen) atoms. The van der Waals surface area contributed by atoms with Crippen LogP contribution in [0.25, 0.3) is 17.0 Å². The summed E-state index contributed by atoms with van der Waals surface area (Å²) in [7, 11) is 0. The van der Waals surface area contributed by atoms with E-state index in [9.17, 15) is 14.4 Å². The average Bonchev–Trinajstić information content (AvgIpc) is 3.58. The van der Waals surface area contributed by atoms with Gasteiger partial charge in [0.2, 0.25) is 5.91 Å². The van der Waals surface area contributed by atoms with Gasteiger partial charge in [0.1, 0.15) is 16.7 Å². The summed E-state index contributed by atoms with van der Waals surface area (Å²) in [5.41, 5.74) is 4.27. The molecule has 5 aromatic carbocycles. The van der Waals surface area contributed by atoms with E-state index < -0.39 is 17.1 Å². The van der Waals surface area contributed by atoms with E-state index in [0.29, 0.717) is 23.5 Å². The van der Waals surface area contributed by atoms with Gasteiger partial charge in [0, 0.05) is 44.5 Å². The highest BCUT2D eigenvalue weighted by Crippen LogP contribution is 2.37. The molecule has 4 N–H and O–H groups in total. The lowest BCUT2D eigenvalue weighted by Gasteiger charge is -2.18. The third-order valence-electron chi connectivity index (χ3n) is 8.04. The van der Waals surface area contributed by atoms with Gasteiger partial charge in [0.15, 0.2) is 0 Å². The van der Waals surface area contributed by atoms with Crippen LogP contribution in [0.3, 0.4) is 0 Å². The van der Waals surface area contributed by atoms with Gasteiger partial charge in [-0.1, -0.05) is 80.1 Å². The molecule has 0 unspecified atom stereocenters. The Morgan fingerprint density at radius 2 is 1.41 bits per heavy atom. The first kappa shape index (κ1) is 34.8. The molecule has 0 aliphatic heterocycles. The average molecular weight is 695 g/mol. The number of ether oxygens (including phenoxy) is 1. The normalized spacial score (nSPS) is 11.8. The fourth-order valence-electron chi connectivity index (χ4n) is 5.34. The van der Waals surface area contributed by atoms with Crippen molar-refractivity contribution in [3.05, 3.63) is 162 Å². The minimum Gasteiger partial charge on any atom is -0.494 e. The largest absolute Gasteiger partial charge is 0.494 e. The van der Waals surface area contributed by atoms with Crippen molar-refractivity contribution in [2.24, 2.45) is 0 Å². The molecule has 0 spiro atoms. The van der Waals surface area contributed by atoms with Gasteiger partial charge >= 0.3 is 0 Å². The fraction of sp³-hybridized carbons (Fsp3) is 0.119. The number of nitrogens with one attached hydrogen (secondary N) is 4. The Labute approximate surface area is 301 Å². The van der Waals surface area contributed by atoms with Crippen LogP contribution in [0.1, 0.15) is 46.5 Å². The molecule has 0 saturated carbocycles. The van der Waals surface area contributed by atoms with Crippen LogP contribution in [0.15, 0.2) is 150 Å². The lowest BCUT2D eigenvalue weighted by Crippen LogP contribution is -2.30. The standard InChI is InChI=1S/C42H38N4O4S/c1-2-3-26-50-34-22-18-32(19-23-34)45-42(49)39(29-12-6-4-7-13-29)51-35-24-20-33(21-25-35)44-41(48)38(46-40(47)30-14-8-5-9-15-30)27-31-28-43-37-17-11-10-16-36(31)37/h4-25,27-28,39,43H,2-3,26H2,1H3,(H,44,48)(H,45,49)(H,46,47)/b38-27-/t39-/m1/s1. The topological polar surface area (TPSA) is 112 Å². The number of unbranched alkanes of at least 4 members (excludes halogenated alkanes) is 1. The van der Waals surface area contributed by atoms with Crippen LogP contribution in [-0.2, 0) is 9.59 Å². The molecule has 0 radical (unpaired) electrons. The molecule has 1 aromatic heterocycles. The van der Waals surface area contributed by atoms with Gasteiger partial charge in [-0.05, 0) is 84.8 Å². The van der Waals surface area contributed by atoms with Gasteiger partial charge in [-0.2, -0.15) is 0 Å². The van der Waals surface area contributed by atoms with E-state index in [0.717, 1.165) is 45.5 Å². The number of hydrogen-bond donors (Lipinski definition) is 4. The van der Waals surface area contributed by atoms with Crippen LogP contribution >= 0.6 is 11.8 Å². The highest BCUT2D eigenvalue weighted by atomic mass is 32.2. The van der Waals surface area contributed by atoms with E-state index in [1.807, 2.05) is 97.1 Å². The molecule has 0 fully saturated rings. The highest BCUT2D eigenvalue weighted by Gasteiger charge is 2.23. The Balaban J connectivity index is 1.17. The Morgan fingerprint density at radius 3 is 2.14 bits per heavy atom. The number of aromatic amines is 1. The Bertz CT molecular complexity index is 2110. The first-order valence-electron chi connectivity index (χ1n) is 16.8. The second-order valence-corrected chi connectivity index (χ2v) is 12.9. The number of para-hydroxylation sites is 1. The predicted octanol–water partition coefficient (Wildman–Crippen LogP) is 9.23. The molecule has 0 aliphatic carbocycles. The first-order valence-corrected chi connectivity index (χ1v) is 17.7.